The lowest BCUT2D eigenvalue weighted by Gasteiger charge is -2.09. The predicted octanol–water partition coefficient (Wildman–Crippen LogP) is 6.12. The number of nitrogens with one attached hydrogen (secondary N) is 1. The number of ether oxygens (including phenoxy) is 1. The number of benzene rings is 3. The zero-order valence-corrected chi connectivity index (χ0v) is 17.8. The Bertz CT molecular complexity index is 1120. The molecule has 0 saturated carbocycles. The molecule has 1 heterocycles. The lowest BCUT2D eigenvalue weighted by atomic mass is 10.2. The Morgan fingerprint density at radius 2 is 1.77 bits per heavy atom. The molecule has 1 amide bonds. The van der Waals surface area contributed by atoms with Gasteiger partial charge in [-0.1, -0.05) is 59.6 Å². The highest BCUT2D eigenvalue weighted by atomic mass is 35.5. The Kier molecular flexibility index (Phi) is 6.21. The van der Waals surface area contributed by atoms with E-state index in [-0.39, 0.29) is 5.91 Å². The monoisotopic (exact) mass is 434 g/mol. The lowest BCUT2D eigenvalue weighted by molar-refractivity contribution is -0.115. The van der Waals surface area contributed by atoms with Gasteiger partial charge in [0.15, 0.2) is 5.17 Å². The standard InChI is InChI=1S/C24H19ClN2O2S/c1-16-6-12-20(13-7-16)26-24-27-23(28)22(30-24)14-18-4-2-3-5-21(18)29-15-17-8-10-19(25)11-9-17/h2-14H,15H2,1H3,(H,26,27,28)/b22-14+. The molecule has 0 unspecified atom stereocenters. The maximum Gasteiger partial charge on any atom is 0.264 e. The van der Waals surface area contributed by atoms with E-state index in [9.17, 15) is 4.79 Å². The summed E-state index contributed by atoms with van der Waals surface area (Å²) in [6, 6.07) is 23.0. The first kappa shape index (κ1) is 20.3. The van der Waals surface area contributed by atoms with E-state index < -0.39 is 0 Å². The summed E-state index contributed by atoms with van der Waals surface area (Å²) in [7, 11) is 0. The highest BCUT2D eigenvalue weighted by Gasteiger charge is 2.24. The van der Waals surface area contributed by atoms with Gasteiger partial charge in [0.2, 0.25) is 0 Å². The fourth-order valence-corrected chi connectivity index (χ4v) is 3.79. The second-order valence-corrected chi connectivity index (χ2v) is 8.24. The molecule has 1 saturated heterocycles. The summed E-state index contributed by atoms with van der Waals surface area (Å²) >= 11 is 7.25. The van der Waals surface area contributed by atoms with Crippen LogP contribution in [0.25, 0.3) is 6.08 Å². The fraction of sp³-hybridized carbons (Fsp3) is 0.0833. The van der Waals surface area contributed by atoms with Gasteiger partial charge in [0.1, 0.15) is 12.4 Å². The number of halogens is 1. The van der Waals surface area contributed by atoms with Crippen molar-refractivity contribution in [1.82, 2.24) is 5.32 Å². The summed E-state index contributed by atoms with van der Waals surface area (Å²) in [5.74, 6) is 0.538. The van der Waals surface area contributed by atoms with Crippen molar-refractivity contribution in [3.63, 3.8) is 0 Å². The third-order valence-electron chi connectivity index (χ3n) is 4.43. The minimum atomic E-state index is -0.168. The van der Waals surface area contributed by atoms with Gasteiger partial charge in [-0.25, -0.2) is 4.99 Å². The van der Waals surface area contributed by atoms with Crippen LogP contribution in [0.15, 0.2) is 82.7 Å². The second-order valence-electron chi connectivity index (χ2n) is 6.77. The third kappa shape index (κ3) is 5.12. The smallest absolute Gasteiger partial charge is 0.264 e. The largest absolute Gasteiger partial charge is 0.488 e. The van der Waals surface area contributed by atoms with Crippen molar-refractivity contribution in [2.75, 3.05) is 0 Å². The van der Waals surface area contributed by atoms with Gasteiger partial charge in [0.05, 0.1) is 10.6 Å². The van der Waals surface area contributed by atoms with Gasteiger partial charge in [0.25, 0.3) is 5.91 Å². The van der Waals surface area contributed by atoms with Crippen molar-refractivity contribution in [1.29, 1.82) is 0 Å². The van der Waals surface area contributed by atoms with E-state index in [1.807, 2.05) is 85.8 Å². The van der Waals surface area contributed by atoms with E-state index >= 15 is 0 Å². The number of aryl methyl sites for hydroxylation is 1. The van der Waals surface area contributed by atoms with Crippen molar-refractivity contribution < 1.29 is 9.53 Å². The topological polar surface area (TPSA) is 50.7 Å². The average molecular weight is 435 g/mol. The lowest BCUT2D eigenvalue weighted by Crippen LogP contribution is -2.19. The molecule has 1 aliphatic rings. The number of carbonyl (C=O) groups excluding carboxylic acids is 1. The number of rotatable bonds is 5. The zero-order chi connectivity index (χ0) is 20.9. The third-order valence-corrected chi connectivity index (χ3v) is 5.59. The van der Waals surface area contributed by atoms with Crippen molar-refractivity contribution in [2.45, 2.75) is 13.5 Å². The van der Waals surface area contributed by atoms with Crippen LogP contribution in [0, 0.1) is 6.92 Å². The molecule has 0 bridgehead atoms. The summed E-state index contributed by atoms with van der Waals surface area (Å²) in [6.45, 7) is 2.44. The summed E-state index contributed by atoms with van der Waals surface area (Å²) in [4.78, 5) is 17.5. The van der Waals surface area contributed by atoms with Crippen LogP contribution in [0.2, 0.25) is 5.02 Å². The number of carbonyl (C=O) groups is 1. The number of amidine groups is 1. The molecule has 4 nitrogen and oxygen atoms in total. The van der Waals surface area contributed by atoms with Crippen LogP contribution >= 0.6 is 23.4 Å². The van der Waals surface area contributed by atoms with Gasteiger partial charge in [-0.3, -0.25) is 4.79 Å². The normalized spacial score (nSPS) is 16.1. The van der Waals surface area contributed by atoms with Crippen molar-refractivity contribution in [3.05, 3.63) is 99.4 Å². The van der Waals surface area contributed by atoms with Gasteiger partial charge in [-0.2, -0.15) is 0 Å². The van der Waals surface area contributed by atoms with E-state index in [0.717, 1.165) is 22.4 Å². The average Bonchev–Trinajstić information content (AvgIpc) is 3.09. The molecule has 150 valence electrons. The van der Waals surface area contributed by atoms with E-state index in [2.05, 4.69) is 10.3 Å². The Morgan fingerprint density at radius 1 is 1.03 bits per heavy atom. The summed E-state index contributed by atoms with van der Waals surface area (Å²) in [6.07, 6.45) is 1.83. The molecular formula is C24H19ClN2O2S. The molecule has 0 radical (unpaired) electrons. The number of para-hydroxylation sites is 1. The Morgan fingerprint density at radius 3 is 2.53 bits per heavy atom. The first-order valence-corrected chi connectivity index (χ1v) is 10.6. The van der Waals surface area contributed by atoms with E-state index in [4.69, 9.17) is 16.3 Å². The van der Waals surface area contributed by atoms with Crippen LogP contribution in [-0.4, -0.2) is 11.1 Å². The fourth-order valence-electron chi connectivity index (χ4n) is 2.83. The van der Waals surface area contributed by atoms with Crippen molar-refractivity contribution in [3.8, 4) is 5.75 Å². The molecule has 0 aromatic heterocycles. The van der Waals surface area contributed by atoms with Crippen LogP contribution < -0.4 is 10.1 Å². The number of nitrogens with zero attached hydrogens (tertiary/aromatic N) is 1. The number of amides is 1. The van der Waals surface area contributed by atoms with Gasteiger partial charge < -0.3 is 10.1 Å². The van der Waals surface area contributed by atoms with Gasteiger partial charge in [-0.15, -0.1) is 0 Å². The van der Waals surface area contributed by atoms with E-state index in [1.54, 1.807) is 0 Å². The molecule has 1 fully saturated rings. The number of thioether (sulfide) groups is 1. The summed E-state index contributed by atoms with van der Waals surface area (Å²) < 4.78 is 5.98. The SMILES string of the molecule is Cc1ccc(N=C2NC(=O)/C(=C\c3ccccc3OCc3ccc(Cl)cc3)S2)cc1. The minimum absolute atomic E-state index is 0.168. The Balaban J connectivity index is 1.51. The zero-order valence-electron chi connectivity index (χ0n) is 16.3. The minimum Gasteiger partial charge on any atom is -0.488 e. The van der Waals surface area contributed by atoms with Crippen LogP contribution in [0.5, 0.6) is 5.75 Å². The van der Waals surface area contributed by atoms with Crippen LogP contribution in [-0.2, 0) is 11.4 Å². The Labute approximate surface area is 184 Å². The summed E-state index contributed by atoms with van der Waals surface area (Å²) in [5.41, 5.74) is 3.82. The van der Waals surface area contributed by atoms with E-state index in [0.29, 0.717) is 27.5 Å². The van der Waals surface area contributed by atoms with Crippen LogP contribution in [0.4, 0.5) is 5.69 Å². The van der Waals surface area contributed by atoms with Gasteiger partial charge in [0, 0.05) is 10.6 Å². The maximum absolute atomic E-state index is 12.4. The first-order chi connectivity index (χ1) is 14.6. The van der Waals surface area contributed by atoms with Crippen LogP contribution in [0.1, 0.15) is 16.7 Å². The molecule has 1 aliphatic heterocycles. The molecule has 4 rings (SSSR count). The highest BCUT2D eigenvalue weighted by molar-refractivity contribution is 8.18. The number of hydrogen-bond donors (Lipinski definition) is 1. The first-order valence-electron chi connectivity index (χ1n) is 9.39. The maximum atomic E-state index is 12.4. The van der Waals surface area contributed by atoms with Crippen LogP contribution in [0.3, 0.4) is 0 Å². The highest BCUT2D eigenvalue weighted by Crippen LogP contribution is 2.31. The van der Waals surface area contributed by atoms with Crippen molar-refractivity contribution in [2.24, 2.45) is 4.99 Å². The predicted molar refractivity (Wildman–Crippen MR) is 124 cm³/mol. The molecule has 3 aromatic carbocycles. The quantitative estimate of drug-likeness (QED) is 0.492. The number of hydrogen-bond acceptors (Lipinski definition) is 4. The van der Waals surface area contributed by atoms with Crippen molar-refractivity contribution >= 4 is 46.2 Å². The molecule has 0 spiro atoms. The second kappa shape index (κ2) is 9.20. The molecule has 0 atom stereocenters. The molecule has 3 aromatic rings. The van der Waals surface area contributed by atoms with Gasteiger partial charge in [-0.05, 0) is 60.7 Å². The van der Waals surface area contributed by atoms with E-state index in [1.165, 1.54) is 11.8 Å². The molecular weight excluding hydrogens is 416 g/mol. The Hall–Kier alpha value is -3.02. The number of aliphatic imine (C=N–C) groups is 1. The molecule has 1 N–H and O–H groups in total. The molecule has 0 aliphatic carbocycles. The summed E-state index contributed by atoms with van der Waals surface area (Å²) in [5, 5.41) is 4.08. The van der Waals surface area contributed by atoms with Gasteiger partial charge >= 0.3 is 0 Å². The molecule has 30 heavy (non-hydrogen) atoms. The molecule has 6 heteroatoms.